The van der Waals surface area contributed by atoms with Gasteiger partial charge in [0.15, 0.2) is 0 Å². The van der Waals surface area contributed by atoms with E-state index >= 15 is 0 Å². The molecule has 0 spiro atoms. The lowest BCUT2D eigenvalue weighted by atomic mass is 11.1. The van der Waals surface area contributed by atoms with Gasteiger partial charge < -0.3 is 4.75 Å². The van der Waals surface area contributed by atoms with Crippen LogP contribution in [-0.2, 0) is 0 Å². The summed E-state index contributed by atoms with van der Waals surface area (Å²) in [6, 6.07) is 0. The van der Waals surface area contributed by atoms with Crippen LogP contribution in [0.3, 0.4) is 0 Å². The smallest absolute Gasteiger partial charge is 0.0434 e. The van der Waals surface area contributed by atoms with Crippen LogP contribution in [0.5, 0.6) is 0 Å². The highest BCUT2D eigenvalue weighted by Crippen LogP contribution is 2.12. The van der Waals surface area contributed by atoms with Crippen molar-refractivity contribution < 1.29 is 0 Å². The zero-order valence-electron chi connectivity index (χ0n) is 2.55. The van der Waals surface area contributed by atoms with Gasteiger partial charge in [-0.15, -0.1) is 0 Å². The van der Waals surface area contributed by atoms with Crippen LogP contribution in [0.2, 0.25) is 0 Å². The Labute approximate surface area is 33.6 Å². The number of hydrogen-bond donors (Lipinski definition) is 1. The lowest BCUT2D eigenvalue weighted by Gasteiger charge is -1.46. The summed E-state index contributed by atoms with van der Waals surface area (Å²) in [5, 5.41) is 0. The summed E-state index contributed by atoms with van der Waals surface area (Å²) in [7, 11) is 2.67. The van der Waals surface area contributed by atoms with Crippen LogP contribution >= 0.6 is 15.9 Å². The minimum absolute atomic E-state index is 1.30. The Balaban J connectivity index is 3.13. The zero-order chi connectivity index (χ0) is 3.54. The van der Waals surface area contributed by atoms with Crippen molar-refractivity contribution in [1.82, 2.24) is 4.75 Å². The van der Waals surface area contributed by atoms with Gasteiger partial charge in [-0.1, -0.05) is 0 Å². The maximum Gasteiger partial charge on any atom is 0.0434 e. The molecule has 0 aliphatic carbocycles. The highest BCUT2D eigenvalue weighted by atomic mass is 31.8. The third-order valence-corrected chi connectivity index (χ3v) is 2.09. The third kappa shape index (κ3) is 0.718. The van der Waals surface area contributed by atoms with Crippen molar-refractivity contribution in [1.29, 1.82) is 0 Å². The highest BCUT2D eigenvalue weighted by Gasteiger charge is 1.58. The molecule has 0 aliphatic rings. The molecule has 1 heterocycles. The minimum atomic E-state index is 1.30. The molecule has 1 aromatic rings. The first-order chi connectivity index (χ1) is 2.50. The molecule has 1 N–H and O–H groups in total. The molecule has 5 heavy (non-hydrogen) atoms. The molecule has 0 saturated heterocycles. The fraction of sp³-hybridized carbons (Fsp3) is 0. The molecule has 1 rings (SSSR count). The first kappa shape index (κ1) is 3.33. The number of H-pyrrole nitrogens is 1. The Kier molecular flexibility index (Phi) is 1.03. The maximum atomic E-state index is 3.00. The molecule has 0 aromatic carbocycles. The molecule has 0 saturated carbocycles. The van der Waals surface area contributed by atoms with Crippen LogP contribution in [0.1, 0.15) is 0 Å². The van der Waals surface area contributed by atoms with Gasteiger partial charge in [-0.2, -0.15) is 0 Å². The van der Waals surface area contributed by atoms with E-state index in [0.717, 1.165) is 0 Å². The van der Waals surface area contributed by atoms with Crippen LogP contribution in [0.4, 0.5) is 0 Å². The lowest BCUT2D eigenvalue weighted by Crippen LogP contribution is -1.30. The Morgan fingerprint density at radius 3 is 2.80 bits per heavy atom. The fourth-order valence-corrected chi connectivity index (χ4v) is 1.50. The van der Waals surface area contributed by atoms with Crippen molar-refractivity contribution in [3.05, 3.63) is 12.0 Å². The summed E-state index contributed by atoms with van der Waals surface area (Å²) < 4.78 is 3.00. The standard InChI is InChI=1S/C2H3NP2/c1-2-4-5-3-1/h1-3H. The number of aromatic nitrogens is 1. The van der Waals surface area contributed by atoms with Gasteiger partial charge in [0.1, 0.15) is 0 Å². The van der Waals surface area contributed by atoms with Crippen LogP contribution in [0.15, 0.2) is 12.0 Å². The summed E-state index contributed by atoms with van der Waals surface area (Å²) >= 11 is 0. The fourth-order valence-electron chi connectivity index (χ4n) is 0.167. The maximum absolute atomic E-state index is 3.00. The normalized spacial score (nSPS) is 11.2. The second kappa shape index (κ2) is 1.55. The van der Waals surface area contributed by atoms with Gasteiger partial charge in [0, 0.05) is 14.2 Å². The lowest BCUT2D eigenvalue weighted by molar-refractivity contribution is 1.59. The average Bonchev–Trinajstić information content (AvgIpc) is 1.76. The second-order valence-electron chi connectivity index (χ2n) is 0.660. The Morgan fingerprint density at radius 1 is 1.60 bits per heavy atom. The molecule has 0 amide bonds. The third-order valence-electron chi connectivity index (χ3n) is 0.331. The van der Waals surface area contributed by atoms with Crippen LogP contribution < -0.4 is 0 Å². The number of rotatable bonds is 0. The summed E-state index contributed by atoms with van der Waals surface area (Å²) in [6.45, 7) is 0. The number of hydrogen-bond acceptors (Lipinski definition) is 0. The molecular formula is C2H3NP2. The number of nitrogens with one attached hydrogen (secondary N) is 1. The Hall–Kier alpha value is 0.140. The summed E-state index contributed by atoms with van der Waals surface area (Å²) in [5.41, 5.74) is 0. The van der Waals surface area contributed by atoms with Gasteiger partial charge in [-0.25, -0.2) is 0 Å². The van der Waals surface area contributed by atoms with Gasteiger partial charge in [0.05, 0.1) is 0 Å². The van der Waals surface area contributed by atoms with E-state index in [4.69, 9.17) is 0 Å². The summed E-state index contributed by atoms with van der Waals surface area (Å²) in [5.74, 6) is 2.08. The van der Waals surface area contributed by atoms with Crippen LogP contribution in [0, 0.1) is 0 Å². The van der Waals surface area contributed by atoms with E-state index in [2.05, 4.69) is 10.5 Å². The molecular weight excluding hydrogens is 100.0 g/mol. The quantitative estimate of drug-likeness (QED) is 0.517. The van der Waals surface area contributed by atoms with Crippen molar-refractivity contribution in [2.45, 2.75) is 0 Å². The predicted molar refractivity (Wildman–Crippen MR) is 25.8 cm³/mol. The molecule has 0 radical (unpaired) electrons. The van der Waals surface area contributed by atoms with Crippen molar-refractivity contribution in [2.75, 3.05) is 0 Å². The summed E-state index contributed by atoms with van der Waals surface area (Å²) in [6.07, 6.45) is 1.96. The van der Waals surface area contributed by atoms with Gasteiger partial charge >= 0.3 is 0 Å². The van der Waals surface area contributed by atoms with Gasteiger partial charge in [-0.05, 0) is 13.7 Å². The zero-order valence-corrected chi connectivity index (χ0v) is 4.34. The molecule has 0 unspecified atom stereocenters. The molecule has 3 heteroatoms. The van der Waals surface area contributed by atoms with E-state index in [-0.39, 0.29) is 0 Å². The Morgan fingerprint density at radius 2 is 2.60 bits per heavy atom. The topological polar surface area (TPSA) is 15.8 Å². The van der Waals surface area contributed by atoms with Crippen LogP contribution in [-0.4, -0.2) is 4.75 Å². The average molecular weight is 103 g/mol. The SMILES string of the molecule is c1cpp[nH]1. The molecule has 0 fully saturated rings. The minimum Gasteiger partial charge on any atom is -0.341 e. The van der Waals surface area contributed by atoms with Crippen molar-refractivity contribution in [2.24, 2.45) is 0 Å². The van der Waals surface area contributed by atoms with Gasteiger partial charge in [0.25, 0.3) is 0 Å². The van der Waals surface area contributed by atoms with Crippen LogP contribution in [0.25, 0.3) is 0 Å². The molecule has 1 aromatic heterocycles. The number of aromatic amines is 1. The molecule has 0 atom stereocenters. The van der Waals surface area contributed by atoms with E-state index in [1.54, 1.807) is 0 Å². The first-order valence-electron chi connectivity index (χ1n) is 1.30. The molecule has 26 valence electrons. The van der Waals surface area contributed by atoms with E-state index < -0.39 is 0 Å². The first-order valence-corrected chi connectivity index (χ1v) is 3.87. The molecule has 0 aliphatic heterocycles. The van der Waals surface area contributed by atoms with Crippen molar-refractivity contribution in [3.63, 3.8) is 0 Å². The van der Waals surface area contributed by atoms with Crippen molar-refractivity contribution in [3.8, 4) is 0 Å². The monoisotopic (exact) mass is 103 g/mol. The highest BCUT2D eigenvalue weighted by molar-refractivity contribution is 7.88. The summed E-state index contributed by atoms with van der Waals surface area (Å²) in [4.78, 5) is 0. The van der Waals surface area contributed by atoms with Crippen molar-refractivity contribution >= 4 is 15.9 Å². The molecule has 1 nitrogen and oxygen atoms in total. The Bertz CT molecular complexity index is 64.1. The van der Waals surface area contributed by atoms with E-state index in [1.807, 2.05) is 6.20 Å². The van der Waals surface area contributed by atoms with E-state index in [0.29, 0.717) is 0 Å². The van der Waals surface area contributed by atoms with E-state index in [9.17, 15) is 0 Å². The van der Waals surface area contributed by atoms with E-state index in [1.165, 1.54) is 15.9 Å². The predicted octanol–water partition coefficient (Wildman–Crippen LogP) is 2.17. The largest absolute Gasteiger partial charge is 0.341 e. The second-order valence-corrected chi connectivity index (χ2v) is 2.94. The van der Waals surface area contributed by atoms with Gasteiger partial charge in [0.2, 0.25) is 0 Å². The molecule has 0 bridgehead atoms. The van der Waals surface area contributed by atoms with Gasteiger partial charge in [-0.3, -0.25) is 0 Å².